The summed E-state index contributed by atoms with van der Waals surface area (Å²) in [4.78, 5) is 0. The van der Waals surface area contributed by atoms with E-state index in [-0.39, 0.29) is 6.04 Å². The molecule has 0 spiro atoms. The molecule has 1 aromatic heterocycles. The van der Waals surface area contributed by atoms with Gasteiger partial charge in [-0.1, -0.05) is 18.6 Å². The predicted molar refractivity (Wildman–Crippen MR) is 59.3 cm³/mol. The maximum atomic E-state index is 5.47. The lowest BCUT2D eigenvalue weighted by atomic mass is 10.1. The summed E-state index contributed by atoms with van der Waals surface area (Å²) in [5, 5.41) is 3.39. The maximum Gasteiger partial charge on any atom is 0.127 e. The Hall–Kier alpha value is -1.02. The fourth-order valence-electron chi connectivity index (χ4n) is 1.48. The lowest BCUT2D eigenvalue weighted by molar-refractivity contribution is 0.455. The number of nitrogens with one attached hydrogen (secondary N) is 1. The molecule has 14 heavy (non-hydrogen) atoms. The Labute approximate surface area is 86.0 Å². The van der Waals surface area contributed by atoms with Gasteiger partial charge < -0.3 is 9.73 Å². The van der Waals surface area contributed by atoms with Gasteiger partial charge in [-0.15, -0.1) is 0 Å². The smallest absolute Gasteiger partial charge is 0.127 e. The Bertz CT molecular complexity index is 308. The van der Waals surface area contributed by atoms with Crippen molar-refractivity contribution in [2.45, 2.75) is 33.7 Å². The van der Waals surface area contributed by atoms with Crippen molar-refractivity contribution >= 4 is 0 Å². The molecule has 0 bridgehead atoms. The Balaban J connectivity index is 2.88. The zero-order chi connectivity index (χ0) is 10.6. The lowest BCUT2D eigenvalue weighted by Crippen LogP contribution is -2.19. The molecule has 0 aliphatic carbocycles. The Morgan fingerprint density at radius 3 is 2.71 bits per heavy atom. The highest BCUT2D eigenvalue weighted by Gasteiger charge is 2.12. The van der Waals surface area contributed by atoms with Crippen molar-refractivity contribution in [3.63, 3.8) is 0 Å². The molecule has 1 aromatic rings. The van der Waals surface area contributed by atoms with Gasteiger partial charge in [0.2, 0.25) is 0 Å². The molecule has 0 amide bonds. The fraction of sp³-hybridized carbons (Fsp3) is 0.500. The summed E-state index contributed by atoms with van der Waals surface area (Å²) in [6.45, 7) is 9.31. The van der Waals surface area contributed by atoms with E-state index in [1.165, 1.54) is 11.1 Å². The topological polar surface area (TPSA) is 25.2 Å². The summed E-state index contributed by atoms with van der Waals surface area (Å²) in [6, 6.07) is 2.21. The van der Waals surface area contributed by atoms with Gasteiger partial charge in [-0.2, -0.15) is 0 Å². The Kier molecular flexibility index (Phi) is 3.96. The van der Waals surface area contributed by atoms with Crippen LogP contribution in [0, 0.1) is 6.92 Å². The third kappa shape index (κ3) is 2.74. The Morgan fingerprint density at radius 1 is 1.57 bits per heavy atom. The van der Waals surface area contributed by atoms with Crippen LogP contribution in [0.2, 0.25) is 0 Å². The average Bonchev–Trinajstić information content (AvgIpc) is 2.50. The average molecular weight is 193 g/mol. The van der Waals surface area contributed by atoms with Gasteiger partial charge in [0.1, 0.15) is 5.76 Å². The number of allylic oxidation sites excluding steroid dienone is 1. The first kappa shape index (κ1) is 11.1. The quantitative estimate of drug-likeness (QED) is 0.743. The van der Waals surface area contributed by atoms with Crippen molar-refractivity contribution in [3.05, 3.63) is 35.3 Å². The van der Waals surface area contributed by atoms with E-state index in [2.05, 4.69) is 39.1 Å². The molecular formula is C12H19NO. The second-order valence-corrected chi connectivity index (χ2v) is 3.75. The molecule has 0 fully saturated rings. The van der Waals surface area contributed by atoms with Gasteiger partial charge in [-0.25, -0.2) is 0 Å². The van der Waals surface area contributed by atoms with Crippen molar-refractivity contribution < 1.29 is 4.42 Å². The fourth-order valence-corrected chi connectivity index (χ4v) is 1.48. The van der Waals surface area contributed by atoms with Crippen molar-refractivity contribution in [3.8, 4) is 0 Å². The Morgan fingerprint density at radius 2 is 2.29 bits per heavy atom. The van der Waals surface area contributed by atoms with Crippen LogP contribution >= 0.6 is 0 Å². The van der Waals surface area contributed by atoms with Crippen LogP contribution in [0.4, 0.5) is 0 Å². The maximum absolute atomic E-state index is 5.47. The number of furan rings is 1. The van der Waals surface area contributed by atoms with Gasteiger partial charge in [0, 0.05) is 0 Å². The van der Waals surface area contributed by atoms with Crippen LogP contribution in [-0.2, 0) is 0 Å². The standard InChI is InChI=1S/C12H19NO/c1-5-13-11(8-9(2)3)12-10(4)6-7-14-12/h6-8,11,13H,5H2,1-4H3. The second kappa shape index (κ2) is 5.01. The van der Waals surface area contributed by atoms with Gasteiger partial charge in [0.25, 0.3) is 0 Å². The second-order valence-electron chi connectivity index (χ2n) is 3.75. The van der Waals surface area contributed by atoms with E-state index in [4.69, 9.17) is 4.42 Å². The first-order chi connectivity index (χ1) is 6.65. The molecule has 0 aliphatic rings. The number of rotatable bonds is 4. The zero-order valence-corrected chi connectivity index (χ0v) is 9.42. The highest BCUT2D eigenvalue weighted by Crippen LogP contribution is 2.20. The summed E-state index contributed by atoms with van der Waals surface area (Å²) in [7, 11) is 0. The minimum absolute atomic E-state index is 0.208. The van der Waals surface area contributed by atoms with Crippen molar-refractivity contribution in [1.82, 2.24) is 5.32 Å². The van der Waals surface area contributed by atoms with E-state index in [1.54, 1.807) is 6.26 Å². The number of hydrogen-bond donors (Lipinski definition) is 1. The molecular weight excluding hydrogens is 174 g/mol. The normalized spacial score (nSPS) is 12.6. The van der Waals surface area contributed by atoms with Crippen LogP contribution in [0.15, 0.2) is 28.4 Å². The number of hydrogen-bond acceptors (Lipinski definition) is 2. The van der Waals surface area contributed by atoms with E-state index in [0.717, 1.165) is 12.3 Å². The van der Waals surface area contributed by atoms with E-state index < -0.39 is 0 Å². The lowest BCUT2D eigenvalue weighted by Gasteiger charge is -2.12. The molecule has 0 radical (unpaired) electrons. The van der Waals surface area contributed by atoms with E-state index in [0.29, 0.717) is 0 Å². The molecule has 1 N–H and O–H groups in total. The predicted octanol–water partition coefficient (Wildman–Crippen LogP) is 3.20. The molecule has 0 aliphatic heterocycles. The molecule has 1 unspecified atom stereocenters. The van der Waals surface area contributed by atoms with Crippen LogP contribution in [0.1, 0.15) is 38.1 Å². The van der Waals surface area contributed by atoms with E-state index >= 15 is 0 Å². The third-order valence-electron chi connectivity index (χ3n) is 2.11. The molecule has 2 nitrogen and oxygen atoms in total. The van der Waals surface area contributed by atoms with Gasteiger partial charge in [-0.05, 0) is 38.9 Å². The summed E-state index contributed by atoms with van der Waals surface area (Å²) < 4.78 is 5.47. The third-order valence-corrected chi connectivity index (χ3v) is 2.11. The monoisotopic (exact) mass is 193 g/mol. The van der Waals surface area contributed by atoms with Gasteiger partial charge in [0.05, 0.1) is 12.3 Å². The summed E-state index contributed by atoms with van der Waals surface area (Å²) in [6.07, 6.45) is 3.93. The van der Waals surface area contributed by atoms with Crippen molar-refractivity contribution in [2.24, 2.45) is 0 Å². The highest BCUT2D eigenvalue weighted by molar-refractivity contribution is 5.23. The minimum Gasteiger partial charge on any atom is -0.467 e. The number of likely N-dealkylation sites (N-methyl/N-ethyl adjacent to an activating group) is 1. The van der Waals surface area contributed by atoms with Gasteiger partial charge >= 0.3 is 0 Å². The number of aryl methyl sites for hydroxylation is 1. The largest absolute Gasteiger partial charge is 0.467 e. The molecule has 0 saturated heterocycles. The summed E-state index contributed by atoms with van der Waals surface area (Å²) >= 11 is 0. The summed E-state index contributed by atoms with van der Waals surface area (Å²) in [5.74, 6) is 1.02. The van der Waals surface area contributed by atoms with Crippen LogP contribution in [-0.4, -0.2) is 6.54 Å². The van der Waals surface area contributed by atoms with E-state index in [1.807, 2.05) is 6.07 Å². The first-order valence-electron chi connectivity index (χ1n) is 5.07. The molecule has 2 heteroatoms. The zero-order valence-electron chi connectivity index (χ0n) is 9.42. The van der Waals surface area contributed by atoms with Crippen LogP contribution in [0.25, 0.3) is 0 Å². The van der Waals surface area contributed by atoms with Crippen LogP contribution < -0.4 is 5.32 Å². The van der Waals surface area contributed by atoms with Crippen LogP contribution in [0.5, 0.6) is 0 Å². The summed E-state index contributed by atoms with van der Waals surface area (Å²) in [5.41, 5.74) is 2.50. The first-order valence-corrected chi connectivity index (χ1v) is 5.07. The van der Waals surface area contributed by atoms with Crippen molar-refractivity contribution in [2.75, 3.05) is 6.54 Å². The minimum atomic E-state index is 0.208. The molecule has 0 aromatic carbocycles. The van der Waals surface area contributed by atoms with Crippen LogP contribution in [0.3, 0.4) is 0 Å². The highest BCUT2D eigenvalue weighted by atomic mass is 16.3. The SMILES string of the molecule is CCNC(C=C(C)C)c1occc1C. The molecule has 1 heterocycles. The molecule has 1 atom stereocenters. The van der Waals surface area contributed by atoms with Crippen molar-refractivity contribution in [1.29, 1.82) is 0 Å². The van der Waals surface area contributed by atoms with Gasteiger partial charge in [0.15, 0.2) is 0 Å². The molecule has 1 rings (SSSR count). The molecule has 78 valence electrons. The van der Waals surface area contributed by atoms with Gasteiger partial charge in [-0.3, -0.25) is 0 Å². The molecule has 0 saturated carbocycles. The van der Waals surface area contributed by atoms with E-state index in [9.17, 15) is 0 Å².